The number of hydrogen-bond donors (Lipinski definition) is 3. The van der Waals surface area contributed by atoms with Crippen LogP contribution in [0.2, 0.25) is 0 Å². The van der Waals surface area contributed by atoms with Gasteiger partial charge in [0.1, 0.15) is 5.75 Å². The average Bonchev–Trinajstić information content (AvgIpc) is 3.28. The molecule has 1 aliphatic heterocycles. The third-order valence-electron chi connectivity index (χ3n) is 6.06. The molecule has 2 atom stereocenters. The van der Waals surface area contributed by atoms with Crippen LogP contribution in [0, 0.1) is 0 Å². The van der Waals surface area contributed by atoms with Crippen LogP contribution in [0.25, 0.3) is 0 Å². The first kappa shape index (κ1) is 22.6. The Balaban J connectivity index is 1.89. The van der Waals surface area contributed by atoms with Crippen LogP contribution >= 0.6 is 0 Å². The molecule has 1 aliphatic carbocycles. The van der Waals surface area contributed by atoms with Crippen LogP contribution in [-0.2, 0) is 9.84 Å². The summed E-state index contributed by atoms with van der Waals surface area (Å²) in [7, 11) is -2.11. The Bertz CT molecular complexity index is 905. The smallest absolute Gasteiger partial charge is 0.255 e. The average molecular weight is 436 g/mol. The summed E-state index contributed by atoms with van der Waals surface area (Å²) in [5.74, 6) is -0.155. The van der Waals surface area contributed by atoms with Crippen molar-refractivity contribution >= 4 is 21.4 Å². The lowest BCUT2D eigenvalue weighted by molar-refractivity contribution is 0.0925. The van der Waals surface area contributed by atoms with E-state index in [9.17, 15) is 13.2 Å². The predicted octanol–water partition coefficient (Wildman–Crippen LogP) is 2.81. The van der Waals surface area contributed by atoms with Gasteiger partial charge in [0.05, 0.1) is 29.0 Å². The van der Waals surface area contributed by atoms with E-state index in [1.54, 1.807) is 6.92 Å². The van der Waals surface area contributed by atoms with Gasteiger partial charge in [0, 0.05) is 18.2 Å². The molecule has 0 saturated carbocycles. The number of rotatable bonds is 8. The molecule has 0 spiro atoms. The Kier molecular flexibility index (Phi) is 7.41. The normalized spacial score (nSPS) is 20.5. The Morgan fingerprint density at radius 1 is 1.33 bits per heavy atom. The second kappa shape index (κ2) is 9.83. The Morgan fingerprint density at radius 2 is 2.13 bits per heavy atom. The first-order chi connectivity index (χ1) is 14.4. The lowest BCUT2D eigenvalue weighted by atomic mass is 9.91. The van der Waals surface area contributed by atoms with Gasteiger partial charge in [-0.2, -0.15) is 0 Å². The molecule has 1 saturated heterocycles. The molecule has 0 radical (unpaired) electrons. The molecular formula is C22H33N3O4S. The summed E-state index contributed by atoms with van der Waals surface area (Å²) in [6.07, 6.45) is 9.77. The monoisotopic (exact) mass is 435 g/mol. The Hall–Kier alpha value is -2.06. The van der Waals surface area contributed by atoms with Crippen LogP contribution in [0.5, 0.6) is 5.75 Å². The van der Waals surface area contributed by atoms with E-state index in [0.717, 1.165) is 38.6 Å². The molecule has 30 heavy (non-hydrogen) atoms. The number of nitrogens with two attached hydrogens (primary N) is 1. The van der Waals surface area contributed by atoms with Gasteiger partial charge in [0.2, 0.25) is 0 Å². The molecule has 1 fully saturated rings. The zero-order valence-electron chi connectivity index (χ0n) is 17.9. The number of ether oxygens (including phenoxy) is 1. The zero-order chi connectivity index (χ0) is 21.7. The summed E-state index contributed by atoms with van der Waals surface area (Å²) < 4.78 is 30.2. The van der Waals surface area contributed by atoms with Gasteiger partial charge in [-0.05, 0) is 57.6 Å². The van der Waals surface area contributed by atoms with Crippen LogP contribution in [0.15, 0.2) is 28.7 Å². The molecular weight excluding hydrogens is 402 g/mol. The molecule has 1 amide bonds. The molecule has 1 aromatic carbocycles. The number of carbonyl (C=O) groups is 1. The topological polar surface area (TPSA) is 111 Å². The number of anilines is 1. The molecule has 3 rings (SSSR count). The number of methoxy groups -OCH3 is 1. The highest BCUT2D eigenvalue weighted by molar-refractivity contribution is 7.91. The van der Waals surface area contributed by atoms with Crippen molar-refractivity contribution in [3.63, 3.8) is 0 Å². The fraction of sp³-hybridized carbons (Fsp3) is 0.591. The molecule has 0 bridgehead atoms. The SMILES string of the molecule is CCS(=O)(=O)c1cc(C(=O)NC(CC2=CCCCC2)C2CCCN2)c(OC)cc1N. The predicted molar refractivity (Wildman–Crippen MR) is 119 cm³/mol. The van der Waals surface area contributed by atoms with Crippen molar-refractivity contribution in [3.05, 3.63) is 29.3 Å². The third-order valence-corrected chi connectivity index (χ3v) is 7.84. The first-order valence-corrected chi connectivity index (χ1v) is 12.4. The summed E-state index contributed by atoms with van der Waals surface area (Å²) >= 11 is 0. The Morgan fingerprint density at radius 3 is 2.73 bits per heavy atom. The van der Waals surface area contributed by atoms with Crippen LogP contribution in [0.1, 0.15) is 62.2 Å². The molecule has 2 aliphatic rings. The number of benzene rings is 1. The van der Waals surface area contributed by atoms with E-state index in [1.165, 1.54) is 37.7 Å². The van der Waals surface area contributed by atoms with Crippen molar-refractivity contribution in [1.82, 2.24) is 10.6 Å². The highest BCUT2D eigenvalue weighted by Crippen LogP contribution is 2.30. The number of nitrogen functional groups attached to an aromatic ring is 1. The van der Waals surface area contributed by atoms with Crippen molar-refractivity contribution in [1.29, 1.82) is 0 Å². The third kappa shape index (κ3) is 5.16. The maximum atomic E-state index is 13.2. The van der Waals surface area contributed by atoms with Crippen molar-refractivity contribution < 1.29 is 17.9 Å². The van der Waals surface area contributed by atoms with Crippen molar-refractivity contribution in [2.45, 2.75) is 68.8 Å². The van der Waals surface area contributed by atoms with E-state index in [1.807, 2.05) is 0 Å². The standard InChI is InChI=1S/C22H33N3O4S/c1-3-30(27,28)21-13-16(20(29-2)14-17(21)23)22(26)25-19(18-10-7-11-24-18)12-15-8-5-4-6-9-15/h8,13-14,18-19,24H,3-7,9-12,23H2,1-2H3,(H,25,26). The number of allylic oxidation sites excluding steroid dienone is 1. The quantitative estimate of drug-likeness (QED) is 0.428. The van der Waals surface area contributed by atoms with E-state index in [-0.39, 0.29) is 45.6 Å². The van der Waals surface area contributed by atoms with Crippen LogP contribution in [-0.4, -0.2) is 45.8 Å². The number of carbonyl (C=O) groups excluding carboxylic acids is 1. The van der Waals surface area contributed by atoms with Gasteiger partial charge >= 0.3 is 0 Å². The van der Waals surface area contributed by atoms with Crippen molar-refractivity contribution in [3.8, 4) is 5.75 Å². The number of sulfone groups is 1. The summed E-state index contributed by atoms with van der Waals surface area (Å²) in [5, 5.41) is 6.65. The summed E-state index contributed by atoms with van der Waals surface area (Å²) in [5.41, 5.74) is 7.61. The summed E-state index contributed by atoms with van der Waals surface area (Å²) in [6, 6.07) is 2.92. The minimum atomic E-state index is -3.56. The van der Waals surface area contributed by atoms with Gasteiger partial charge in [-0.25, -0.2) is 8.42 Å². The highest BCUT2D eigenvalue weighted by Gasteiger charge is 2.29. The molecule has 7 nitrogen and oxygen atoms in total. The maximum Gasteiger partial charge on any atom is 0.255 e. The number of nitrogens with one attached hydrogen (secondary N) is 2. The molecule has 1 aromatic rings. The van der Waals surface area contributed by atoms with Gasteiger partial charge in [-0.3, -0.25) is 4.79 Å². The molecule has 166 valence electrons. The van der Waals surface area contributed by atoms with Crippen LogP contribution < -0.4 is 21.1 Å². The van der Waals surface area contributed by atoms with Gasteiger partial charge in [-0.1, -0.05) is 18.6 Å². The maximum absolute atomic E-state index is 13.2. The van der Waals surface area contributed by atoms with Crippen LogP contribution in [0.4, 0.5) is 5.69 Å². The zero-order valence-corrected chi connectivity index (χ0v) is 18.7. The fourth-order valence-corrected chi connectivity index (χ4v) is 5.34. The van der Waals surface area contributed by atoms with Crippen molar-refractivity contribution in [2.24, 2.45) is 0 Å². The molecule has 8 heteroatoms. The van der Waals surface area contributed by atoms with Crippen molar-refractivity contribution in [2.75, 3.05) is 25.1 Å². The second-order valence-corrected chi connectivity index (χ2v) is 10.3. The van der Waals surface area contributed by atoms with E-state index in [2.05, 4.69) is 16.7 Å². The Labute approximate surface area is 179 Å². The highest BCUT2D eigenvalue weighted by atomic mass is 32.2. The van der Waals surface area contributed by atoms with Gasteiger partial charge in [0.15, 0.2) is 9.84 Å². The number of amides is 1. The first-order valence-electron chi connectivity index (χ1n) is 10.8. The van der Waals surface area contributed by atoms with E-state index >= 15 is 0 Å². The van der Waals surface area contributed by atoms with Gasteiger partial charge < -0.3 is 21.1 Å². The summed E-state index contributed by atoms with van der Waals surface area (Å²) in [4.78, 5) is 13.2. The van der Waals surface area contributed by atoms with Gasteiger partial charge in [-0.15, -0.1) is 0 Å². The largest absolute Gasteiger partial charge is 0.496 e. The van der Waals surface area contributed by atoms with E-state index < -0.39 is 9.84 Å². The fourth-order valence-electron chi connectivity index (χ4n) is 4.31. The number of hydrogen-bond acceptors (Lipinski definition) is 6. The lowest BCUT2D eigenvalue weighted by Gasteiger charge is -2.27. The molecule has 0 aromatic heterocycles. The van der Waals surface area contributed by atoms with E-state index in [4.69, 9.17) is 10.5 Å². The van der Waals surface area contributed by atoms with Gasteiger partial charge in [0.25, 0.3) is 5.91 Å². The molecule has 1 heterocycles. The minimum Gasteiger partial charge on any atom is -0.496 e. The van der Waals surface area contributed by atoms with E-state index in [0.29, 0.717) is 0 Å². The van der Waals surface area contributed by atoms with Crippen LogP contribution in [0.3, 0.4) is 0 Å². The minimum absolute atomic E-state index is 0.0264. The summed E-state index contributed by atoms with van der Waals surface area (Å²) in [6.45, 7) is 2.50. The second-order valence-electron chi connectivity index (χ2n) is 8.09. The lowest BCUT2D eigenvalue weighted by Crippen LogP contribution is -2.47. The molecule has 2 unspecified atom stereocenters. The molecule has 4 N–H and O–H groups in total.